The first-order valence-corrected chi connectivity index (χ1v) is 8.33. The van der Waals surface area contributed by atoms with Crippen LogP contribution in [0.1, 0.15) is 6.92 Å². The van der Waals surface area contributed by atoms with E-state index in [1.807, 2.05) is 0 Å². The minimum absolute atomic E-state index is 0.243. The van der Waals surface area contributed by atoms with Gasteiger partial charge >= 0.3 is 0 Å². The summed E-state index contributed by atoms with van der Waals surface area (Å²) in [6, 6.07) is 0. The van der Waals surface area contributed by atoms with E-state index < -0.39 is 6.49 Å². The normalized spacial score (nSPS) is 13.8. The first kappa shape index (κ1) is 14.3. The van der Waals surface area contributed by atoms with Crippen molar-refractivity contribution in [3.05, 3.63) is 12.7 Å². The summed E-state index contributed by atoms with van der Waals surface area (Å²) in [5.41, 5.74) is 6.82. The van der Waals surface area contributed by atoms with Crippen LogP contribution in [-0.2, 0) is 23.1 Å². The lowest BCUT2D eigenvalue weighted by Gasteiger charge is -2.15. The molecule has 0 aliphatic rings. The number of hydrogen-bond acceptors (Lipinski definition) is 6. The predicted molar refractivity (Wildman–Crippen MR) is 73.9 cm³/mol. The highest BCUT2D eigenvalue weighted by Gasteiger charge is 2.14. The molecule has 0 aromatic carbocycles. The van der Waals surface area contributed by atoms with Crippen LogP contribution in [0.2, 0.25) is 0 Å². The molecule has 0 aliphatic heterocycles. The summed E-state index contributed by atoms with van der Waals surface area (Å²) in [6.45, 7) is -1.09. The molecule has 0 bridgehead atoms. The molecular formula is C9H14N5O3PS. The lowest BCUT2D eigenvalue weighted by Crippen LogP contribution is -2.17. The first-order valence-electron chi connectivity index (χ1n) is 5.44. The summed E-state index contributed by atoms with van der Waals surface area (Å²) in [7, 11) is 0. The fraction of sp³-hybridized carbons (Fsp3) is 0.444. The molecule has 4 N–H and O–H groups in total. The standard InChI is InChI=1S/C9H14N5O3PS/c1-6(17-5-18(15,16)19)2-14-4-13-7-8(10)11-3-12-9(7)14/h3-4,6H,2,5H2,1H3,(H2,10,11,12)(H2,15,16,19). The van der Waals surface area contributed by atoms with E-state index in [1.54, 1.807) is 17.8 Å². The summed E-state index contributed by atoms with van der Waals surface area (Å²) in [5.74, 6) is 0.318. The summed E-state index contributed by atoms with van der Waals surface area (Å²) in [6.07, 6.45) is 2.44. The van der Waals surface area contributed by atoms with Crippen LogP contribution < -0.4 is 5.73 Å². The Labute approximate surface area is 114 Å². The van der Waals surface area contributed by atoms with Crippen molar-refractivity contribution in [1.29, 1.82) is 0 Å². The Morgan fingerprint density at radius 1 is 1.47 bits per heavy atom. The molecule has 2 heterocycles. The van der Waals surface area contributed by atoms with Crippen molar-refractivity contribution in [3.8, 4) is 0 Å². The van der Waals surface area contributed by atoms with Crippen LogP contribution >= 0.6 is 6.49 Å². The van der Waals surface area contributed by atoms with Gasteiger partial charge in [-0.15, -0.1) is 0 Å². The number of aromatic nitrogens is 4. The van der Waals surface area contributed by atoms with Crippen molar-refractivity contribution in [2.75, 3.05) is 12.1 Å². The summed E-state index contributed by atoms with van der Waals surface area (Å²) in [4.78, 5) is 30.3. The number of imidazole rings is 1. The molecule has 0 spiro atoms. The van der Waals surface area contributed by atoms with E-state index in [0.29, 0.717) is 23.5 Å². The van der Waals surface area contributed by atoms with E-state index >= 15 is 0 Å². The molecule has 1 unspecified atom stereocenters. The average Bonchev–Trinajstić information content (AvgIpc) is 2.71. The fourth-order valence-electron chi connectivity index (χ4n) is 1.59. The van der Waals surface area contributed by atoms with E-state index in [-0.39, 0.29) is 12.5 Å². The zero-order valence-electron chi connectivity index (χ0n) is 10.2. The largest absolute Gasteiger partial charge is 0.382 e. The fourth-order valence-corrected chi connectivity index (χ4v) is 2.22. The molecule has 2 aromatic heterocycles. The van der Waals surface area contributed by atoms with Gasteiger partial charge < -0.3 is 24.8 Å². The number of rotatable bonds is 5. The Balaban J connectivity index is 2.09. The quantitative estimate of drug-likeness (QED) is 0.664. The molecule has 0 amide bonds. The second-order valence-electron chi connectivity index (χ2n) is 4.10. The topological polar surface area (TPSA) is 119 Å². The second kappa shape index (κ2) is 5.48. The Bertz CT molecular complexity index is 627. The molecule has 19 heavy (non-hydrogen) atoms. The Morgan fingerprint density at radius 2 is 2.21 bits per heavy atom. The smallest absolute Gasteiger partial charge is 0.209 e. The number of nitrogen functional groups attached to an aromatic ring is 1. The molecule has 0 fully saturated rings. The van der Waals surface area contributed by atoms with Crippen LogP contribution in [-0.4, -0.2) is 41.8 Å². The molecule has 2 aromatic rings. The Morgan fingerprint density at radius 3 is 2.89 bits per heavy atom. The molecule has 1 atom stereocenters. The third kappa shape index (κ3) is 3.68. The van der Waals surface area contributed by atoms with E-state index in [4.69, 9.17) is 20.3 Å². The average molecular weight is 303 g/mol. The van der Waals surface area contributed by atoms with Crippen LogP contribution in [0, 0.1) is 0 Å². The number of hydrogen-bond donors (Lipinski definition) is 3. The maximum atomic E-state index is 9.10. The van der Waals surface area contributed by atoms with E-state index in [1.165, 1.54) is 6.33 Å². The van der Waals surface area contributed by atoms with Gasteiger partial charge in [-0.25, -0.2) is 15.0 Å². The minimum Gasteiger partial charge on any atom is -0.382 e. The minimum atomic E-state index is -3.32. The highest BCUT2D eigenvalue weighted by molar-refractivity contribution is 8.08. The zero-order valence-corrected chi connectivity index (χ0v) is 11.9. The van der Waals surface area contributed by atoms with Gasteiger partial charge in [0, 0.05) is 0 Å². The third-order valence-electron chi connectivity index (χ3n) is 2.41. The highest BCUT2D eigenvalue weighted by Crippen LogP contribution is 2.35. The van der Waals surface area contributed by atoms with Gasteiger partial charge in [-0.05, 0) is 18.7 Å². The van der Waals surface area contributed by atoms with Crippen LogP contribution in [0.3, 0.4) is 0 Å². The molecule has 2 rings (SSSR count). The van der Waals surface area contributed by atoms with Gasteiger partial charge in [0.25, 0.3) is 0 Å². The molecule has 0 saturated carbocycles. The van der Waals surface area contributed by atoms with Gasteiger partial charge in [0.2, 0.25) is 6.49 Å². The summed E-state index contributed by atoms with van der Waals surface area (Å²) < 4.78 is 7.04. The molecule has 0 radical (unpaired) electrons. The highest BCUT2D eigenvalue weighted by atomic mass is 32.5. The van der Waals surface area contributed by atoms with Gasteiger partial charge in [0.1, 0.15) is 18.2 Å². The van der Waals surface area contributed by atoms with Crippen LogP contribution in [0.25, 0.3) is 11.2 Å². The van der Waals surface area contributed by atoms with Crippen molar-refractivity contribution in [2.24, 2.45) is 0 Å². The number of anilines is 1. The van der Waals surface area contributed by atoms with Crippen molar-refractivity contribution in [1.82, 2.24) is 19.5 Å². The van der Waals surface area contributed by atoms with E-state index in [2.05, 4.69) is 26.8 Å². The molecule has 8 nitrogen and oxygen atoms in total. The zero-order chi connectivity index (χ0) is 14.0. The lowest BCUT2D eigenvalue weighted by molar-refractivity contribution is 0.0818. The number of fused-ring (bicyclic) bond motifs is 1. The van der Waals surface area contributed by atoms with Crippen molar-refractivity contribution in [2.45, 2.75) is 19.6 Å². The summed E-state index contributed by atoms with van der Waals surface area (Å²) >= 11 is 4.49. The molecule has 0 aliphatic carbocycles. The number of nitrogens with two attached hydrogens (primary N) is 1. The van der Waals surface area contributed by atoms with E-state index in [0.717, 1.165) is 0 Å². The third-order valence-corrected chi connectivity index (χ3v) is 3.21. The maximum Gasteiger partial charge on any atom is 0.209 e. The van der Waals surface area contributed by atoms with Gasteiger partial charge in [0.05, 0.1) is 19.0 Å². The number of ether oxygens (including phenoxy) is 1. The van der Waals surface area contributed by atoms with Crippen molar-refractivity contribution < 1.29 is 14.5 Å². The lowest BCUT2D eigenvalue weighted by atomic mass is 10.4. The second-order valence-corrected chi connectivity index (χ2v) is 7.44. The van der Waals surface area contributed by atoms with Crippen LogP contribution in [0.4, 0.5) is 5.82 Å². The molecule has 10 heteroatoms. The van der Waals surface area contributed by atoms with Gasteiger partial charge in [0.15, 0.2) is 11.5 Å². The van der Waals surface area contributed by atoms with Crippen LogP contribution in [0.15, 0.2) is 12.7 Å². The van der Waals surface area contributed by atoms with Gasteiger partial charge in [-0.2, -0.15) is 0 Å². The molecule has 104 valence electrons. The maximum absolute atomic E-state index is 9.10. The molecular weight excluding hydrogens is 289 g/mol. The summed E-state index contributed by atoms with van der Waals surface area (Å²) in [5, 5.41) is 0. The SMILES string of the molecule is CC(Cn1cnc2c(N)ncnc21)OCP(O)(O)=S. The van der Waals surface area contributed by atoms with Gasteiger partial charge in [-0.1, -0.05) is 0 Å². The van der Waals surface area contributed by atoms with Crippen LogP contribution in [0.5, 0.6) is 0 Å². The Kier molecular flexibility index (Phi) is 4.12. The van der Waals surface area contributed by atoms with Crippen molar-refractivity contribution >= 4 is 35.3 Å². The molecule has 0 saturated heterocycles. The first-order chi connectivity index (χ1) is 8.87. The monoisotopic (exact) mass is 303 g/mol. The Hall–Kier alpha value is -1.12. The predicted octanol–water partition coefficient (Wildman–Crippen LogP) is 0.0652. The van der Waals surface area contributed by atoms with Gasteiger partial charge in [-0.3, -0.25) is 0 Å². The van der Waals surface area contributed by atoms with E-state index in [9.17, 15) is 0 Å². The van der Waals surface area contributed by atoms with Crippen molar-refractivity contribution in [3.63, 3.8) is 0 Å². The number of nitrogens with zero attached hydrogens (tertiary/aromatic N) is 4.